The smallest absolute Gasteiger partial charge is 0.0210 e. The molecular formula is C16H14Br2. The molecule has 0 aliphatic heterocycles. The molecule has 0 unspecified atom stereocenters. The van der Waals surface area contributed by atoms with Crippen molar-refractivity contribution >= 4 is 31.9 Å². The fourth-order valence-corrected chi connectivity index (χ4v) is 3.71. The minimum atomic E-state index is 1.08. The maximum absolute atomic E-state index is 3.70. The van der Waals surface area contributed by atoms with Crippen molar-refractivity contribution in [3.63, 3.8) is 0 Å². The van der Waals surface area contributed by atoms with Crippen LogP contribution in [0.15, 0.2) is 45.3 Å². The van der Waals surface area contributed by atoms with E-state index in [-0.39, 0.29) is 0 Å². The Morgan fingerprint density at radius 3 is 1.44 bits per heavy atom. The fraction of sp³-hybridized carbons (Fsp3) is 0.250. The van der Waals surface area contributed by atoms with E-state index in [0.717, 1.165) is 25.7 Å². The zero-order chi connectivity index (χ0) is 12.5. The molecule has 0 fully saturated rings. The predicted octanol–water partition coefficient (Wildman–Crippen LogP) is 5.10. The van der Waals surface area contributed by atoms with Crippen molar-refractivity contribution < 1.29 is 0 Å². The molecule has 0 nitrogen and oxygen atoms in total. The second-order valence-corrected chi connectivity index (χ2v) is 6.56. The molecule has 0 amide bonds. The Labute approximate surface area is 125 Å². The molecule has 4 bridgehead atoms. The van der Waals surface area contributed by atoms with Crippen molar-refractivity contribution in [2.45, 2.75) is 25.7 Å². The first kappa shape index (κ1) is 12.4. The molecule has 0 heterocycles. The first-order chi connectivity index (χ1) is 8.72. The first-order valence-electron chi connectivity index (χ1n) is 6.27. The van der Waals surface area contributed by atoms with Crippen molar-refractivity contribution in [2.75, 3.05) is 0 Å². The number of hydrogen-bond donors (Lipinski definition) is 0. The SMILES string of the molecule is Brc1cc2ccc1CCc1ccc(cc1Br)CC2. The molecule has 6 rings (SSSR count). The van der Waals surface area contributed by atoms with Gasteiger partial charge in [-0.15, -0.1) is 0 Å². The fourth-order valence-electron chi connectivity index (χ4n) is 2.46. The van der Waals surface area contributed by atoms with Gasteiger partial charge in [-0.2, -0.15) is 0 Å². The third kappa shape index (κ3) is 2.55. The highest BCUT2D eigenvalue weighted by molar-refractivity contribution is 9.10. The topological polar surface area (TPSA) is 0 Å². The Bertz CT molecular complexity index is 534. The maximum atomic E-state index is 3.70. The Kier molecular flexibility index (Phi) is 3.58. The van der Waals surface area contributed by atoms with E-state index in [1.54, 1.807) is 0 Å². The second kappa shape index (κ2) is 5.18. The quantitative estimate of drug-likeness (QED) is 0.609. The Morgan fingerprint density at radius 2 is 1.06 bits per heavy atom. The summed E-state index contributed by atoms with van der Waals surface area (Å²) in [5.41, 5.74) is 5.61. The third-order valence-electron chi connectivity index (χ3n) is 3.60. The summed E-state index contributed by atoms with van der Waals surface area (Å²) in [6, 6.07) is 13.6. The molecular weight excluding hydrogens is 352 g/mol. The molecule has 2 heteroatoms. The lowest BCUT2D eigenvalue weighted by Gasteiger charge is -2.12. The van der Waals surface area contributed by atoms with Crippen molar-refractivity contribution in [2.24, 2.45) is 0 Å². The largest absolute Gasteiger partial charge is 0.0587 e. The highest BCUT2D eigenvalue weighted by Crippen LogP contribution is 2.26. The summed E-state index contributed by atoms with van der Waals surface area (Å²) in [4.78, 5) is 0. The van der Waals surface area contributed by atoms with E-state index >= 15 is 0 Å². The van der Waals surface area contributed by atoms with E-state index in [1.165, 1.54) is 31.2 Å². The van der Waals surface area contributed by atoms with Crippen molar-refractivity contribution in [3.05, 3.63) is 67.6 Å². The first-order valence-corrected chi connectivity index (χ1v) is 7.85. The van der Waals surface area contributed by atoms with Crippen LogP contribution in [0.25, 0.3) is 0 Å². The van der Waals surface area contributed by atoms with Crippen LogP contribution in [0.1, 0.15) is 22.3 Å². The van der Waals surface area contributed by atoms with Gasteiger partial charge in [0.05, 0.1) is 0 Å². The standard InChI is InChI=1S/C16H14Br2/c17-15-9-11-1-2-12-4-6-14(16(18)10-12)8-7-13(15)5-3-11/h3-6,9-10H,1-2,7-8H2. The molecule has 0 spiro atoms. The summed E-state index contributed by atoms with van der Waals surface area (Å²) in [6.45, 7) is 0. The lowest BCUT2D eigenvalue weighted by Crippen LogP contribution is -1.99. The number of halogens is 2. The van der Waals surface area contributed by atoms with Crippen molar-refractivity contribution in [3.8, 4) is 0 Å². The molecule has 0 atom stereocenters. The van der Waals surface area contributed by atoms with Crippen molar-refractivity contribution in [1.29, 1.82) is 0 Å². The van der Waals surface area contributed by atoms with Crippen LogP contribution < -0.4 is 0 Å². The van der Waals surface area contributed by atoms with E-state index in [4.69, 9.17) is 0 Å². The van der Waals surface area contributed by atoms with Gasteiger partial charge >= 0.3 is 0 Å². The summed E-state index contributed by atoms with van der Waals surface area (Å²) in [5.74, 6) is 0. The Hall–Kier alpha value is -0.600. The van der Waals surface area contributed by atoms with Gasteiger partial charge in [-0.3, -0.25) is 0 Å². The van der Waals surface area contributed by atoms with Gasteiger partial charge in [-0.25, -0.2) is 0 Å². The lowest BCUT2D eigenvalue weighted by molar-refractivity contribution is 0.912. The van der Waals surface area contributed by atoms with E-state index < -0.39 is 0 Å². The monoisotopic (exact) mass is 364 g/mol. The molecule has 0 aromatic heterocycles. The van der Waals surface area contributed by atoms with Gasteiger partial charge < -0.3 is 0 Å². The van der Waals surface area contributed by atoms with Crippen LogP contribution in [0, 0.1) is 0 Å². The van der Waals surface area contributed by atoms with Gasteiger partial charge in [-0.05, 0) is 60.1 Å². The normalized spacial score (nSPS) is 14.3. The average molecular weight is 366 g/mol. The van der Waals surface area contributed by atoms with Gasteiger partial charge in [0.15, 0.2) is 0 Å². The van der Waals surface area contributed by atoms with E-state index in [2.05, 4.69) is 68.3 Å². The van der Waals surface area contributed by atoms with Gasteiger partial charge in [0.25, 0.3) is 0 Å². The zero-order valence-corrected chi connectivity index (χ0v) is 13.2. The molecule has 4 aliphatic rings. The molecule has 0 saturated heterocycles. The Morgan fingerprint density at radius 1 is 0.611 bits per heavy atom. The van der Waals surface area contributed by atoms with Crippen LogP contribution in [0.3, 0.4) is 0 Å². The highest BCUT2D eigenvalue weighted by Gasteiger charge is 2.08. The highest BCUT2D eigenvalue weighted by atomic mass is 79.9. The summed E-state index contributed by atoms with van der Waals surface area (Å²) >= 11 is 7.39. The van der Waals surface area contributed by atoms with Gasteiger partial charge in [-0.1, -0.05) is 56.1 Å². The van der Waals surface area contributed by atoms with Crippen LogP contribution in [-0.2, 0) is 25.7 Å². The van der Waals surface area contributed by atoms with Crippen LogP contribution in [-0.4, -0.2) is 0 Å². The predicted molar refractivity (Wildman–Crippen MR) is 83.1 cm³/mol. The van der Waals surface area contributed by atoms with Gasteiger partial charge in [0.2, 0.25) is 0 Å². The molecule has 2 aromatic carbocycles. The summed E-state index contributed by atoms with van der Waals surface area (Å²) in [5, 5.41) is 0. The molecule has 92 valence electrons. The minimum Gasteiger partial charge on any atom is -0.0587 e. The summed E-state index contributed by atoms with van der Waals surface area (Å²) < 4.78 is 2.51. The minimum absolute atomic E-state index is 1.08. The molecule has 2 aromatic rings. The zero-order valence-electron chi connectivity index (χ0n) is 10.0. The lowest BCUT2D eigenvalue weighted by atomic mass is 9.97. The number of hydrogen-bond acceptors (Lipinski definition) is 0. The molecule has 0 saturated carbocycles. The van der Waals surface area contributed by atoms with E-state index in [0.29, 0.717) is 0 Å². The van der Waals surface area contributed by atoms with Gasteiger partial charge in [0, 0.05) is 8.95 Å². The average Bonchev–Trinajstić information content (AvgIpc) is 2.34. The molecule has 0 radical (unpaired) electrons. The third-order valence-corrected chi connectivity index (χ3v) is 5.08. The second-order valence-electron chi connectivity index (χ2n) is 4.85. The summed E-state index contributed by atoms with van der Waals surface area (Å²) in [6.07, 6.45) is 4.37. The number of benzene rings is 2. The molecule has 0 N–H and O–H groups in total. The Balaban J connectivity index is 2.04. The van der Waals surface area contributed by atoms with Crippen molar-refractivity contribution in [1.82, 2.24) is 0 Å². The van der Waals surface area contributed by atoms with Crippen LogP contribution >= 0.6 is 31.9 Å². The summed E-state index contributed by atoms with van der Waals surface area (Å²) in [7, 11) is 0. The molecule has 4 aliphatic carbocycles. The van der Waals surface area contributed by atoms with Crippen LogP contribution in [0.2, 0.25) is 0 Å². The van der Waals surface area contributed by atoms with Crippen LogP contribution in [0.5, 0.6) is 0 Å². The van der Waals surface area contributed by atoms with Gasteiger partial charge in [0.1, 0.15) is 0 Å². The van der Waals surface area contributed by atoms with E-state index in [1.807, 2.05) is 0 Å². The maximum Gasteiger partial charge on any atom is 0.0210 e. The number of aryl methyl sites for hydroxylation is 4. The number of rotatable bonds is 0. The van der Waals surface area contributed by atoms with Crippen LogP contribution in [0.4, 0.5) is 0 Å². The van der Waals surface area contributed by atoms with E-state index in [9.17, 15) is 0 Å². The molecule has 18 heavy (non-hydrogen) atoms.